The van der Waals surface area contributed by atoms with Crippen molar-refractivity contribution in [1.82, 2.24) is 14.9 Å². The standard InChI is InChI=1S/C12H16N4O2/c1-8-3-4-13-12(14-8)16-5-9-10(6-16)18-7-11(17)15(9)2/h3-4,9-10H,5-7H2,1-2H3/t9-,10+/m1/s1. The Morgan fingerprint density at radius 1 is 1.44 bits per heavy atom. The largest absolute Gasteiger partial charge is 0.364 e. The highest BCUT2D eigenvalue weighted by Gasteiger charge is 2.42. The zero-order valence-electron chi connectivity index (χ0n) is 10.5. The van der Waals surface area contributed by atoms with Crippen LogP contribution in [0.2, 0.25) is 0 Å². The summed E-state index contributed by atoms with van der Waals surface area (Å²) in [6.07, 6.45) is 1.83. The zero-order valence-corrected chi connectivity index (χ0v) is 10.5. The molecular weight excluding hydrogens is 232 g/mol. The van der Waals surface area contributed by atoms with E-state index in [1.165, 1.54) is 0 Å². The van der Waals surface area contributed by atoms with E-state index in [1.54, 1.807) is 11.1 Å². The monoisotopic (exact) mass is 248 g/mol. The Kier molecular flexibility index (Phi) is 2.66. The molecule has 18 heavy (non-hydrogen) atoms. The molecule has 0 N–H and O–H groups in total. The van der Waals surface area contributed by atoms with Gasteiger partial charge in [0, 0.05) is 32.0 Å². The van der Waals surface area contributed by atoms with Gasteiger partial charge in [-0.2, -0.15) is 0 Å². The summed E-state index contributed by atoms with van der Waals surface area (Å²) >= 11 is 0. The molecule has 3 rings (SSSR count). The van der Waals surface area contributed by atoms with Crippen molar-refractivity contribution < 1.29 is 9.53 Å². The number of morpholine rings is 1. The Balaban J connectivity index is 1.80. The minimum Gasteiger partial charge on any atom is -0.364 e. The molecule has 1 amide bonds. The fraction of sp³-hybridized carbons (Fsp3) is 0.583. The second kappa shape index (κ2) is 4.20. The summed E-state index contributed by atoms with van der Waals surface area (Å²) in [5.41, 5.74) is 0.945. The van der Waals surface area contributed by atoms with Crippen LogP contribution in [0.15, 0.2) is 12.3 Å². The molecule has 2 aliphatic heterocycles. The Bertz CT molecular complexity index is 479. The molecule has 6 heteroatoms. The van der Waals surface area contributed by atoms with Crippen molar-refractivity contribution in [2.24, 2.45) is 0 Å². The number of hydrogen-bond donors (Lipinski definition) is 0. The SMILES string of the molecule is Cc1ccnc(N2C[C@@H]3OCC(=O)N(C)[C@@H]3C2)n1. The highest BCUT2D eigenvalue weighted by atomic mass is 16.5. The third-order valence-electron chi connectivity index (χ3n) is 3.61. The van der Waals surface area contributed by atoms with Gasteiger partial charge < -0.3 is 14.5 Å². The van der Waals surface area contributed by atoms with Crippen molar-refractivity contribution in [3.05, 3.63) is 18.0 Å². The van der Waals surface area contributed by atoms with Gasteiger partial charge in [-0.05, 0) is 13.0 Å². The van der Waals surface area contributed by atoms with Crippen LogP contribution in [-0.4, -0.2) is 59.7 Å². The summed E-state index contributed by atoms with van der Waals surface area (Å²) in [4.78, 5) is 24.1. The summed E-state index contributed by atoms with van der Waals surface area (Å²) in [7, 11) is 1.84. The first-order chi connectivity index (χ1) is 8.65. The number of amides is 1. The summed E-state index contributed by atoms with van der Waals surface area (Å²) in [5.74, 6) is 0.761. The minimum absolute atomic E-state index is 0.0447. The van der Waals surface area contributed by atoms with Gasteiger partial charge in [0.15, 0.2) is 0 Å². The van der Waals surface area contributed by atoms with Gasteiger partial charge >= 0.3 is 0 Å². The van der Waals surface area contributed by atoms with E-state index >= 15 is 0 Å². The van der Waals surface area contributed by atoms with Crippen LogP contribution < -0.4 is 4.90 Å². The number of hydrogen-bond acceptors (Lipinski definition) is 5. The molecule has 2 atom stereocenters. The van der Waals surface area contributed by atoms with Crippen LogP contribution in [0.5, 0.6) is 0 Å². The second-order valence-electron chi connectivity index (χ2n) is 4.82. The number of likely N-dealkylation sites (N-methyl/N-ethyl adjacent to an activating group) is 1. The lowest BCUT2D eigenvalue weighted by atomic mass is 10.1. The molecule has 0 aromatic carbocycles. The quantitative estimate of drug-likeness (QED) is 0.690. The smallest absolute Gasteiger partial charge is 0.248 e. The molecule has 96 valence electrons. The maximum atomic E-state index is 11.6. The molecule has 1 aromatic heterocycles. The van der Waals surface area contributed by atoms with E-state index < -0.39 is 0 Å². The van der Waals surface area contributed by atoms with Gasteiger partial charge in [-0.3, -0.25) is 4.79 Å². The van der Waals surface area contributed by atoms with Gasteiger partial charge in [0.25, 0.3) is 0 Å². The number of fused-ring (bicyclic) bond motifs is 1. The van der Waals surface area contributed by atoms with E-state index in [2.05, 4.69) is 14.9 Å². The number of ether oxygens (including phenoxy) is 1. The first kappa shape index (κ1) is 11.4. The summed E-state index contributed by atoms with van der Waals surface area (Å²) in [6, 6.07) is 1.98. The Hall–Kier alpha value is -1.69. The topological polar surface area (TPSA) is 58.6 Å². The number of anilines is 1. The van der Waals surface area contributed by atoms with Crippen LogP contribution in [0.4, 0.5) is 5.95 Å². The van der Waals surface area contributed by atoms with Gasteiger partial charge in [-0.1, -0.05) is 0 Å². The average molecular weight is 248 g/mol. The third-order valence-corrected chi connectivity index (χ3v) is 3.61. The van der Waals surface area contributed by atoms with Gasteiger partial charge in [0.2, 0.25) is 11.9 Å². The molecule has 0 unspecified atom stereocenters. The van der Waals surface area contributed by atoms with Gasteiger partial charge in [0.05, 0.1) is 12.1 Å². The van der Waals surface area contributed by atoms with Crippen molar-refractivity contribution >= 4 is 11.9 Å². The maximum Gasteiger partial charge on any atom is 0.248 e. The lowest BCUT2D eigenvalue weighted by Crippen LogP contribution is -2.51. The Morgan fingerprint density at radius 2 is 2.28 bits per heavy atom. The van der Waals surface area contributed by atoms with Crippen molar-refractivity contribution in [2.75, 3.05) is 31.6 Å². The van der Waals surface area contributed by atoms with Crippen molar-refractivity contribution in [3.8, 4) is 0 Å². The van der Waals surface area contributed by atoms with Gasteiger partial charge in [-0.25, -0.2) is 9.97 Å². The lowest BCUT2D eigenvalue weighted by molar-refractivity contribution is -0.150. The van der Waals surface area contributed by atoms with Gasteiger partial charge in [0.1, 0.15) is 6.61 Å². The van der Waals surface area contributed by atoms with E-state index in [4.69, 9.17) is 4.74 Å². The van der Waals surface area contributed by atoms with Crippen LogP contribution >= 0.6 is 0 Å². The molecule has 0 spiro atoms. The molecule has 2 aliphatic rings. The number of nitrogens with zero attached hydrogens (tertiary/aromatic N) is 4. The van der Waals surface area contributed by atoms with Crippen molar-refractivity contribution in [3.63, 3.8) is 0 Å². The Morgan fingerprint density at radius 3 is 3.06 bits per heavy atom. The molecule has 1 aromatic rings. The zero-order chi connectivity index (χ0) is 12.7. The predicted octanol–water partition coefficient (Wildman–Crippen LogP) is -0.169. The summed E-state index contributed by atoms with van der Waals surface area (Å²) in [6.45, 7) is 3.60. The number of aryl methyl sites for hydroxylation is 1. The maximum absolute atomic E-state index is 11.6. The van der Waals surface area contributed by atoms with E-state index in [0.717, 1.165) is 18.8 Å². The van der Waals surface area contributed by atoms with Crippen molar-refractivity contribution in [1.29, 1.82) is 0 Å². The normalized spacial score (nSPS) is 27.6. The Labute approximate surface area is 106 Å². The highest BCUT2D eigenvalue weighted by molar-refractivity contribution is 5.78. The van der Waals surface area contributed by atoms with E-state index in [1.807, 2.05) is 20.0 Å². The van der Waals surface area contributed by atoms with Crippen LogP contribution in [-0.2, 0) is 9.53 Å². The molecule has 3 heterocycles. The fourth-order valence-corrected chi connectivity index (χ4v) is 2.51. The molecular formula is C12H16N4O2. The number of carbonyl (C=O) groups excluding carboxylic acids is 1. The number of rotatable bonds is 1. The molecule has 2 fully saturated rings. The highest BCUT2D eigenvalue weighted by Crippen LogP contribution is 2.24. The number of aromatic nitrogens is 2. The molecule has 2 saturated heterocycles. The molecule has 0 saturated carbocycles. The van der Waals surface area contributed by atoms with Gasteiger partial charge in [-0.15, -0.1) is 0 Å². The lowest BCUT2D eigenvalue weighted by Gasteiger charge is -2.33. The average Bonchev–Trinajstić information content (AvgIpc) is 2.79. The predicted molar refractivity (Wildman–Crippen MR) is 65.3 cm³/mol. The molecule has 0 radical (unpaired) electrons. The number of carbonyl (C=O) groups is 1. The van der Waals surface area contributed by atoms with Crippen LogP contribution in [0.1, 0.15) is 5.69 Å². The molecule has 0 bridgehead atoms. The fourth-order valence-electron chi connectivity index (χ4n) is 2.51. The molecule has 6 nitrogen and oxygen atoms in total. The van der Waals surface area contributed by atoms with Crippen LogP contribution in [0.25, 0.3) is 0 Å². The van der Waals surface area contributed by atoms with Crippen molar-refractivity contribution in [2.45, 2.75) is 19.1 Å². The minimum atomic E-state index is 0.0447. The second-order valence-corrected chi connectivity index (χ2v) is 4.82. The first-order valence-electron chi connectivity index (χ1n) is 6.07. The van der Waals surface area contributed by atoms with E-state index in [-0.39, 0.29) is 24.7 Å². The third kappa shape index (κ3) is 1.82. The van der Waals surface area contributed by atoms with E-state index in [0.29, 0.717) is 5.95 Å². The summed E-state index contributed by atoms with van der Waals surface area (Å²) < 4.78 is 5.58. The van der Waals surface area contributed by atoms with E-state index in [9.17, 15) is 4.79 Å². The summed E-state index contributed by atoms with van der Waals surface area (Å²) in [5, 5.41) is 0. The first-order valence-corrected chi connectivity index (χ1v) is 6.07. The van der Waals surface area contributed by atoms with Crippen LogP contribution in [0.3, 0.4) is 0 Å². The van der Waals surface area contributed by atoms with Crippen LogP contribution in [0, 0.1) is 6.92 Å². The molecule has 0 aliphatic carbocycles.